The number of hydrogen-bond donors (Lipinski definition) is 7. The molecule has 0 aromatic carbocycles. The minimum atomic E-state index is -1.94. The predicted octanol–water partition coefficient (Wildman–Crippen LogP) is -3.43. The number of ether oxygens (including phenoxy) is 3. The van der Waals surface area contributed by atoms with Crippen LogP contribution in [-0.2, 0) is 43.1 Å². The summed E-state index contributed by atoms with van der Waals surface area (Å²) in [5.41, 5.74) is 0. The van der Waals surface area contributed by atoms with E-state index in [9.17, 15) is 35.1 Å². The van der Waals surface area contributed by atoms with Gasteiger partial charge in [0.25, 0.3) is 0 Å². The lowest BCUT2D eigenvalue weighted by molar-refractivity contribution is -0.620. The lowest BCUT2D eigenvalue weighted by atomic mass is 9.92. The fourth-order valence-electron chi connectivity index (χ4n) is 3.37. The quantitative estimate of drug-likeness (QED) is 0.0569. The Kier molecular flexibility index (Phi) is 9.80. The van der Waals surface area contributed by atoms with Gasteiger partial charge in [0.1, 0.15) is 30.5 Å². The van der Waals surface area contributed by atoms with Crippen molar-refractivity contribution in [2.45, 2.75) is 75.0 Å². The van der Waals surface area contributed by atoms with Crippen LogP contribution in [0, 0.1) is 0 Å². The average Bonchev–Trinajstić information content (AvgIpc) is 2.71. The Morgan fingerprint density at radius 3 is 2.29 bits per heavy atom. The highest BCUT2D eigenvalue weighted by Gasteiger charge is 2.53. The molecule has 10 atom stereocenters. The summed E-state index contributed by atoms with van der Waals surface area (Å²) in [6, 6.07) is -0.992. The Balaban J connectivity index is 2.32. The van der Waals surface area contributed by atoms with E-state index >= 15 is 0 Å². The van der Waals surface area contributed by atoms with Crippen LogP contribution >= 0.6 is 12.9 Å². The molecule has 2 rings (SSSR count). The molecule has 0 aromatic heterocycles. The normalized spacial score (nSPS) is 41.0. The number of carbonyl (C=O) groups excluding carboxylic acids is 1. The van der Waals surface area contributed by atoms with Crippen molar-refractivity contribution in [3.05, 3.63) is 0 Å². The molecule has 1 amide bonds. The predicted molar refractivity (Wildman–Crippen MR) is 95.3 cm³/mol. The van der Waals surface area contributed by atoms with Gasteiger partial charge in [0.05, 0.1) is 18.8 Å². The van der Waals surface area contributed by atoms with Gasteiger partial charge in [-0.25, -0.2) is 4.79 Å². The molecule has 2 fully saturated rings. The van der Waals surface area contributed by atoms with Gasteiger partial charge in [-0.05, 0) is 17.0 Å². The third kappa shape index (κ3) is 6.21. The highest BCUT2D eigenvalue weighted by atomic mass is 32.1. The molecular weight excluding hydrogens is 450 g/mol. The van der Waals surface area contributed by atoms with Crippen molar-refractivity contribution < 1.29 is 68.6 Å². The summed E-state index contributed by atoms with van der Waals surface area (Å²) in [7, 11) is 0. The SMILES string of the molecule is CC(=O)NC1[C@H](C)OC(CO)[C@H](OOOOS)[C@@H]1O[C@@H]1OC(C(=O)O)[C@H](O)[C@H](O)C1O. The van der Waals surface area contributed by atoms with Crippen LogP contribution in [0.4, 0.5) is 0 Å². The lowest BCUT2D eigenvalue weighted by Crippen LogP contribution is -2.67. The number of aliphatic hydroxyl groups is 4. The van der Waals surface area contributed by atoms with Crippen LogP contribution in [0.2, 0.25) is 0 Å². The van der Waals surface area contributed by atoms with Crippen molar-refractivity contribution in [1.82, 2.24) is 5.32 Å². The number of carboxylic acid groups (broad SMARTS) is 1. The zero-order chi connectivity index (χ0) is 23.3. The van der Waals surface area contributed by atoms with Gasteiger partial charge in [0.2, 0.25) is 5.91 Å². The first-order chi connectivity index (χ1) is 14.6. The molecule has 15 nitrogen and oxygen atoms in total. The summed E-state index contributed by atoms with van der Waals surface area (Å²) in [5, 5.41) is 59.8. The standard InChI is InChI=1S/C15H25NO14S/c1-4-7(16-5(2)18)12(11(6(3-17)24-4)27-28-29-30-31)25-15-10(21)8(19)9(20)13(26-15)14(22)23/h4,6-13,15,17,19-21,31H,3H2,1-2H3,(H,16,18)(H,22,23)/t4-,6?,7?,8-,9+,10?,11-,12+,13?,15+/m0/s1. The molecule has 0 bridgehead atoms. The van der Waals surface area contributed by atoms with E-state index in [1.165, 1.54) is 6.92 Å². The van der Waals surface area contributed by atoms with Crippen LogP contribution < -0.4 is 5.32 Å². The first kappa shape index (κ1) is 26.1. The van der Waals surface area contributed by atoms with Crippen LogP contribution in [0.15, 0.2) is 0 Å². The largest absolute Gasteiger partial charge is 0.479 e. The van der Waals surface area contributed by atoms with Gasteiger partial charge >= 0.3 is 5.97 Å². The Morgan fingerprint density at radius 2 is 1.74 bits per heavy atom. The first-order valence-corrected chi connectivity index (χ1v) is 9.40. The number of amides is 1. The van der Waals surface area contributed by atoms with Crippen LogP contribution in [0.1, 0.15) is 13.8 Å². The Morgan fingerprint density at radius 1 is 1.06 bits per heavy atom. The molecular formula is C15H25NO14S. The molecule has 2 aliphatic heterocycles. The van der Waals surface area contributed by atoms with Crippen LogP contribution in [0.25, 0.3) is 0 Å². The van der Waals surface area contributed by atoms with Crippen LogP contribution in [0.5, 0.6) is 0 Å². The maximum atomic E-state index is 11.7. The average molecular weight is 475 g/mol. The molecule has 2 aliphatic rings. The van der Waals surface area contributed by atoms with Crippen molar-refractivity contribution in [2.75, 3.05) is 6.61 Å². The second-order valence-electron chi connectivity index (χ2n) is 6.90. The topological polar surface area (TPSA) is 212 Å². The van der Waals surface area contributed by atoms with Gasteiger partial charge in [-0.2, -0.15) is 4.89 Å². The minimum Gasteiger partial charge on any atom is -0.479 e. The fourth-order valence-corrected chi connectivity index (χ4v) is 3.40. The zero-order valence-electron chi connectivity index (χ0n) is 16.3. The molecule has 180 valence electrons. The highest BCUT2D eigenvalue weighted by Crippen LogP contribution is 2.31. The Hall–Kier alpha value is -1.15. The summed E-state index contributed by atoms with van der Waals surface area (Å²) in [5.74, 6) is -2.12. The number of nitrogens with one attached hydrogen (secondary N) is 1. The van der Waals surface area contributed by atoms with E-state index in [2.05, 4.69) is 32.6 Å². The number of thiol groups is 1. The van der Waals surface area contributed by atoms with Gasteiger partial charge in [-0.15, -0.1) is 4.33 Å². The molecule has 16 heteroatoms. The number of rotatable bonds is 9. The van der Waals surface area contributed by atoms with Crippen molar-refractivity contribution in [3.8, 4) is 0 Å². The summed E-state index contributed by atoms with van der Waals surface area (Å²) in [6.07, 6.45) is -14.0. The molecule has 0 spiro atoms. The Bertz CT molecular complexity index is 612. The lowest BCUT2D eigenvalue weighted by Gasteiger charge is -2.47. The number of hydrogen-bond acceptors (Lipinski definition) is 14. The van der Waals surface area contributed by atoms with Crippen molar-refractivity contribution in [1.29, 1.82) is 0 Å². The Labute approximate surface area is 181 Å². The van der Waals surface area contributed by atoms with E-state index in [0.29, 0.717) is 0 Å². The second-order valence-corrected chi connectivity index (χ2v) is 7.04. The number of aliphatic carboxylic acids is 1. The number of carboxylic acids is 1. The van der Waals surface area contributed by atoms with E-state index in [1.54, 1.807) is 6.92 Å². The smallest absolute Gasteiger partial charge is 0.335 e. The van der Waals surface area contributed by atoms with E-state index in [4.69, 9.17) is 19.1 Å². The van der Waals surface area contributed by atoms with Gasteiger partial charge in [0, 0.05) is 19.8 Å². The zero-order valence-corrected chi connectivity index (χ0v) is 17.2. The van der Waals surface area contributed by atoms with Crippen molar-refractivity contribution in [3.63, 3.8) is 0 Å². The van der Waals surface area contributed by atoms with E-state index in [-0.39, 0.29) is 0 Å². The molecule has 0 aliphatic carbocycles. The minimum absolute atomic E-state index is 0.505. The molecule has 2 heterocycles. The number of carbonyl (C=O) groups is 2. The monoisotopic (exact) mass is 475 g/mol. The molecule has 4 unspecified atom stereocenters. The number of aliphatic hydroxyl groups excluding tert-OH is 4. The van der Waals surface area contributed by atoms with Crippen molar-refractivity contribution in [2.24, 2.45) is 0 Å². The molecule has 0 radical (unpaired) electrons. The van der Waals surface area contributed by atoms with Crippen molar-refractivity contribution >= 4 is 24.8 Å². The van der Waals surface area contributed by atoms with E-state index in [1.807, 2.05) is 0 Å². The van der Waals surface area contributed by atoms with E-state index < -0.39 is 79.6 Å². The van der Waals surface area contributed by atoms with Gasteiger partial charge in [-0.1, -0.05) is 0 Å². The van der Waals surface area contributed by atoms with E-state index in [0.717, 1.165) is 0 Å². The third-order valence-electron chi connectivity index (χ3n) is 4.80. The molecule has 0 saturated carbocycles. The molecule has 31 heavy (non-hydrogen) atoms. The third-order valence-corrected chi connectivity index (χ3v) is 4.86. The molecule has 0 aromatic rings. The maximum absolute atomic E-state index is 11.7. The summed E-state index contributed by atoms with van der Waals surface area (Å²) in [4.78, 5) is 28.0. The fraction of sp³-hybridized carbons (Fsp3) is 0.867. The summed E-state index contributed by atoms with van der Waals surface area (Å²) >= 11 is 3.27. The molecule has 2 saturated heterocycles. The van der Waals surface area contributed by atoms with Gasteiger partial charge in [0.15, 0.2) is 18.5 Å². The summed E-state index contributed by atoms with van der Waals surface area (Å²) < 4.78 is 20.3. The van der Waals surface area contributed by atoms with Gasteiger partial charge in [-0.3, -0.25) is 4.79 Å². The second kappa shape index (κ2) is 11.6. The van der Waals surface area contributed by atoms with Crippen LogP contribution in [0.3, 0.4) is 0 Å². The van der Waals surface area contributed by atoms with Gasteiger partial charge < -0.3 is 45.1 Å². The first-order valence-electron chi connectivity index (χ1n) is 9.03. The highest BCUT2D eigenvalue weighted by molar-refractivity contribution is 7.74. The molecule has 6 N–H and O–H groups in total. The van der Waals surface area contributed by atoms with Crippen LogP contribution in [-0.4, -0.2) is 105 Å². The summed E-state index contributed by atoms with van der Waals surface area (Å²) in [6.45, 7) is 2.14. The maximum Gasteiger partial charge on any atom is 0.335 e.